The summed E-state index contributed by atoms with van der Waals surface area (Å²) in [6, 6.07) is 20.5. The average molecular weight is 342 g/mol. The molecule has 0 aliphatic heterocycles. The van der Waals surface area contributed by atoms with Gasteiger partial charge in [-0.1, -0.05) is 73.5 Å². The van der Waals surface area contributed by atoms with Crippen LogP contribution in [0.5, 0.6) is 0 Å². The molecule has 0 unspecified atom stereocenters. The van der Waals surface area contributed by atoms with Crippen molar-refractivity contribution in [3.8, 4) is 0 Å². The molecule has 1 atom stereocenters. The molecule has 0 fully saturated rings. The Morgan fingerprint density at radius 2 is 1.36 bits per heavy atom. The second-order valence-corrected chi connectivity index (χ2v) is 6.32. The fraction of sp³-hybridized carbons (Fsp3) is 0.455. The standard InChI is InChI=1S/C22H30O3/c23-16-15-22(25-19-21-12-6-2-7-13-21)14-8-3-9-17-24-18-20-10-4-1-5-11-20/h1-2,4-7,10-13,22-23H,3,8-9,14-19H2/t22-/m1/s1. The van der Waals surface area contributed by atoms with Gasteiger partial charge < -0.3 is 14.6 Å². The van der Waals surface area contributed by atoms with Crippen LogP contribution in [0, 0.1) is 0 Å². The number of benzene rings is 2. The van der Waals surface area contributed by atoms with E-state index in [4.69, 9.17) is 9.47 Å². The Kier molecular flexibility index (Phi) is 9.94. The molecule has 136 valence electrons. The molecule has 0 saturated carbocycles. The van der Waals surface area contributed by atoms with Gasteiger partial charge in [-0.3, -0.25) is 0 Å². The van der Waals surface area contributed by atoms with Crippen molar-refractivity contribution in [2.45, 2.75) is 51.4 Å². The van der Waals surface area contributed by atoms with Crippen LogP contribution in [-0.2, 0) is 22.7 Å². The fourth-order valence-corrected chi connectivity index (χ4v) is 2.76. The van der Waals surface area contributed by atoms with E-state index in [0.717, 1.165) is 32.3 Å². The van der Waals surface area contributed by atoms with Crippen molar-refractivity contribution in [2.24, 2.45) is 0 Å². The summed E-state index contributed by atoms with van der Waals surface area (Å²) in [5.74, 6) is 0. The van der Waals surface area contributed by atoms with Crippen molar-refractivity contribution in [3.05, 3.63) is 71.8 Å². The zero-order chi connectivity index (χ0) is 17.6. The first kappa shape index (κ1) is 19.6. The lowest BCUT2D eigenvalue weighted by molar-refractivity contribution is 0.0170. The Morgan fingerprint density at radius 1 is 0.720 bits per heavy atom. The van der Waals surface area contributed by atoms with Gasteiger partial charge in [0.25, 0.3) is 0 Å². The van der Waals surface area contributed by atoms with Crippen LogP contribution in [0.15, 0.2) is 60.7 Å². The van der Waals surface area contributed by atoms with Crippen molar-refractivity contribution < 1.29 is 14.6 Å². The monoisotopic (exact) mass is 342 g/mol. The van der Waals surface area contributed by atoms with Crippen LogP contribution in [0.4, 0.5) is 0 Å². The molecule has 0 saturated heterocycles. The highest BCUT2D eigenvalue weighted by Crippen LogP contribution is 2.13. The SMILES string of the molecule is OCC[C@@H](CCCCCOCc1ccccc1)OCc1ccccc1. The molecule has 3 nitrogen and oxygen atoms in total. The molecule has 2 aromatic carbocycles. The van der Waals surface area contributed by atoms with Crippen molar-refractivity contribution in [3.63, 3.8) is 0 Å². The lowest BCUT2D eigenvalue weighted by Gasteiger charge is -2.17. The normalized spacial score (nSPS) is 12.2. The van der Waals surface area contributed by atoms with Crippen molar-refractivity contribution in [1.82, 2.24) is 0 Å². The fourth-order valence-electron chi connectivity index (χ4n) is 2.76. The third-order valence-electron chi connectivity index (χ3n) is 4.21. The number of hydrogen-bond donors (Lipinski definition) is 1. The van der Waals surface area contributed by atoms with Gasteiger partial charge in [-0.25, -0.2) is 0 Å². The molecule has 1 N–H and O–H groups in total. The molecule has 0 radical (unpaired) electrons. The molecule has 0 spiro atoms. The second kappa shape index (κ2) is 12.6. The van der Waals surface area contributed by atoms with Crippen molar-refractivity contribution in [2.75, 3.05) is 13.2 Å². The maximum atomic E-state index is 9.21. The lowest BCUT2D eigenvalue weighted by Crippen LogP contribution is -2.15. The van der Waals surface area contributed by atoms with Crippen LogP contribution in [0.25, 0.3) is 0 Å². The van der Waals surface area contributed by atoms with Crippen LogP contribution in [0.2, 0.25) is 0 Å². The van der Waals surface area contributed by atoms with E-state index in [2.05, 4.69) is 24.3 Å². The molecule has 3 heteroatoms. The predicted octanol–water partition coefficient (Wildman–Crippen LogP) is 4.73. The Balaban J connectivity index is 1.53. The van der Waals surface area contributed by atoms with E-state index >= 15 is 0 Å². The summed E-state index contributed by atoms with van der Waals surface area (Å²) >= 11 is 0. The third kappa shape index (κ3) is 8.82. The maximum Gasteiger partial charge on any atom is 0.0720 e. The van der Waals surface area contributed by atoms with Gasteiger partial charge in [-0.05, 0) is 30.4 Å². The Bertz CT molecular complexity index is 542. The van der Waals surface area contributed by atoms with Crippen LogP contribution in [0.1, 0.15) is 43.2 Å². The summed E-state index contributed by atoms with van der Waals surface area (Å²) in [6.07, 6.45) is 5.14. The van der Waals surface area contributed by atoms with Crippen LogP contribution in [0.3, 0.4) is 0 Å². The highest BCUT2D eigenvalue weighted by Gasteiger charge is 2.08. The largest absolute Gasteiger partial charge is 0.396 e. The van der Waals surface area contributed by atoms with Gasteiger partial charge in [0.05, 0.1) is 19.3 Å². The number of aliphatic hydroxyl groups excluding tert-OH is 1. The smallest absolute Gasteiger partial charge is 0.0720 e. The molecule has 0 heterocycles. The van der Waals surface area contributed by atoms with E-state index < -0.39 is 0 Å². The van der Waals surface area contributed by atoms with Gasteiger partial charge in [0, 0.05) is 13.2 Å². The minimum atomic E-state index is 0.135. The summed E-state index contributed by atoms with van der Waals surface area (Å²) in [4.78, 5) is 0. The van der Waals surface area contributed by atoms with E-state index in [-0.39, 0.29) is 12.7 Å². The van der Waals surface area contributed by atoms with Crippen LogP contribution >= 0.6 is 0 Å². The summed E-state index contributed by atoms with van der Waals surface area (Å²) in [6.45, 7) is 2.28. The number of unbranched alkanes of at least 4 members (excludes halogenated alkanes) is 2. The molecule has 0 aliphatic carbocycles. The zero-order valence-corrected chi connectivity index (χ0v) is 15.0. The molecule has 2 rings (SSSR count). The van der Waals surface area contributed by atoms with Crippen LogP contribution in [-0.4, -0.2) is 24.4 Å². The zero-order valence-electron chi connectivity index (χ0n) is 15.0. The topological polar surface area (TPSA) is 38.7 Å². The Hall–Kier alpha value is -1.68. The minimum Gasteiger partial charge on any atom is -0.396 e. The number of ether oxygens (including phenoxy) is 2. The summed E-state index contributed by atoms with van der Waals surface area (Å²) in [7, 11) is 0. The average Bonchev–Trinajstić information content (AvgIpc) is 2.67. The van der Waals surface area contributed by atoms with Gasteiger partial charge >= 0.3 is 0 Å². The molecule has 0 aromatic heterocycles. The van der Waals surface area contributed by atoms with Gasteiger partial charge in [-0.2, -0.15) is 0 Å². The number of hydrogen-bond acceptors (Lipinski definition) is 3. The van der Waals surface area contributed by atoms with Crippen molar-refractivity contribution >= 4 is 0 Å². The second-order valence-electron chi connectivity index (χ2n) is 6.32. The summed E-state index contributed by atoms with van der Waals surface area (Å²) in [5, 5.41) is 9.21. The first-order valence-corrected chi connectivity index (χ1v) is 9.26. The predicted molar refractivity (Wildman–Crippen MR) is 101 cm³/mol. The molecular formula is C22H30O3. The first-order chi connectivity index (χ1) is 12.4. The molecule has 0 aliphatic rings. The van der Waals surface area contributed by atoms with Gasteiger partial charge in [0.2, 0.25) is 0 Å². The van der Waals surface area contributed by atoms with E-state index in [9.17, 15) is 5.11 Å². The molecule has 2 aromatic rings. The van der Waals surface area contributed by atoms with Gasteiger partial charge in [0.15, 0.2) is 0 Å². The molecular weight excluding hydrogens is 312 g/mol. The molecule has 25 heavy (non-hydrogen) atoms. The Labute approximate surface area is 151 Å². The summed E-state index contributed by atoms with van der Waals surface area (Å²) < 4.78 is 11.7. The highest BCUT2D eigenvalue weighted by atomic mass is 16.5. The van der Waals surface area contributed by atoms with E-state index in [1.54, 1.807) is 0 Å². The van der Waals surface area contributed by atoms with Gasteiger partial charge in [0.1, 0.15) is 0 Å². The quantitative estimate of drug-likeness (QED) is 0.535. The lowest BCUT2D eigenvalue weighted by atomic mass is 10.1. The maximum absolute atomic E-state index is 9.21. The van der Waals surface area contributed by atoms with Crippen molar-refractivity contribution in [1.29, 1.82) is 0 Å². The summed E-state index contributed by atoms with van der Waals surface area (Å²) in [5.41, 5.74) is 2.40. The third-order valence-corrected chi connectivity index (χ3v) is 4.21. The van der Waals surface area contributed by atoms with Gasteiger partial charge in [-0.15, -0.1) is 0 Å². The molecule has 0 bridgehead atoms. The van der Waals surface area contributed by atoms with E-state index in [1.165, 1.54) is 11.1 Å². The van der Waals surface area contributed by atoms with Crippen LogP contribution < -0.4 is 0 Å². The Morgan fingerprint density at radius 3 is 2.00 bits per heavy atom. The van der Waals surface area contributed by atoms with E-state index in [1.807, 2.05) is 36.4 Å². The van der Waals surface area contributed by atoms with E-state index in [0.29, 0.717) is 19.6 Å². The number of aliphatic hydroxyl groups is 1. The first-order valence-electron chi connectivity index (χ1n) is 9.26. The highest BCUT2D eigenvalue weighted by molar-refractivity contribution is 5.14. The number of rotatable bonds is 13. The molecule has 0 amide bonds. The minimum absolute atomic E-state index is 0.135.